The fourth-order valence-electron chi connectivity index (χ4n) is 2.61. The van der Waals surface area contributed by atoms with Crippen LogP contribution in [0.15, 0.2) is 47.0 Å². The Hall–Kier alpha value is -2.24. The highest BCUT2D eigenvalue weighted by atomic mass is 35.5. The van der Waals surface area contributed by atoms with Crippen LogP contribution in [0.25, 0.3) is 21.9 Å². The summed E-state index contributed by atoms with van der Waals surface area (Å²) < 4.78 is 12.0. The van der Waals surface area contributed by atoms with E-state index in [0.717, 1.165) is 38.3 Å². The molecule has 2 heterocycles. The molecule has 0 aliphatic heterocycles. The summed E-state index contributed by atoms with van der Waals surface area (Å²) in [4.78, 5) is 5.10. The maximum Gasteiger partial charge on any atom is 0.183 e. The fourth-order valence-corrected chi connectivity index (χ4v) is 3.52. The lowest BCUT2D eigenvalue weighted by Crippen LogP contribution is -1.99. The standard InChI is InChI=1S/C17H13ClN2O2S/c1-21-16-6-12-11-4-2-3-5-14(11)22-15(12)7-13(16)19-8-10-9-20-17(18)23-10/h2-7,9,19H,8H2,1H3. The topological polar surface area (TPSA) is 47.3 Å². The van der Waals surface area contributed by atoms with Crippen molar-refractivity contribution < 1.29 is 9.15 Å². The molecule has 2 aromatic carbocycles. The normalized spacial score (nSPS) is 11.2. The number of para-hydroxylation sites is 1. The van der Waals surface area contributed by atoms with Gasteiger partial charge >= 0.3 is 0 Å². The SMILES string of the molecule is COc1cc2c(cc1NCc1cnc(Cl)s1)oc1ccccc12. The molecule has 0 unspecified atom stereocenters. The zero-order valence-electron chi connectivity index (χ0n) is 12.3. The minimum Gasteiger partial charge on any atom is -0.495 e. The van der Waals surface area contributed by atoms with E-state index >= 15 is 0 Å². The van der Waals surface area contributed by atoms with E-state index in [-0.39, 0.29) is 0 Å². The number of aromatic nitrogens is 1. The number of thiazole rings is 1. The van der Waals surface area contributed by atoms with Crippen molar-refractivity contribution in [1.29, 1.82) is 0 Å². The number of benzene rings is 2. The first-order chi connectivity index (χ1) is 11.2. The smallest absolute Gasteiger partial charge is 0.183 e. The largest absolute Gasteiger partial charge is 0.495 e. The molecule has 0 spiro atoms. The van der Waals surface area contributed by atoms with Gasteiger partial charge in [-0.2, -0.15) is 0 Å². The van der Waals surface area contributed by atoms with Gasteiger partial charge in [-0.3, -0.25) is 0 Å². The van der Waals surface area contributed by atoms with E-state index < -0.39 is 0 Å². The zero-order valence-corrected chi connectivity index (χ0v) is 13.9. The summed E-state index contributed by atoms with van der Waals surface area (Å²) in [6.45, 7) is 0.631. The molecule has 6 heteroatoms. The van der Waals surface area contributed by atoms with E-state index in [0.29, 0.717) is 11.0 Å². The minimum atomic E-state index is 0.543. The first-order valence-electron chi connectivity index (χ1n) is 7.08. The molecular weight excluding hydrogens is 332 g/mol. The average molecular weight is 345 g/mol. The van der Waals surface area contributed by atoms with Crippen molar-refractivity contribution in [2.75, 3.05) is 12.4 Å². The molecular formula is C17H13ClN2O2S. The third-order valence-electron chi connectivity index (χ3n) is 3.68. The van der Waals surface area contributed by atoms with Crippen molar-refractivity contribution in [1.82, 2.24) is 4.98 Å². The second-order valence-electron chi connectivity index (χ2n) is 5.08. The van der Waals surface area contributed by atoms with Gasteiger partial charge in [0.05, 0.1) is 19.3 Å². The number of fused-ring (bicyclic) bond motifs is 3. The summed E-state index contributed by atoms with van der Waals surface area (Å²) in [5.74, 6) is 0.777. The minimum absolute atomic E-state index is 0.543. The predicted molar refractivity (Wildman–Crippen MR) is 94.7 cm³/mol. The van der Waals surface area contributed by atoms with E-state index in [1.165, 1.54) is 11.3 Å². The quantitative estimate of drug-likeness (QED) is 0.544. The second-order valence-corrected chi connectivity index (χ2v) is 6.78. The van der Waals surface area contributed by atoms with E-state index in [4.69, 9.17) is 20.8 Å². The number of rotatable bonds is 4. The Morgan fingerprint density at radius 2 is 2.09 bits per heavy atom. The maximum atomic E-state index is 5.92. The third-order valence-corrected chi connectivity index (χ3v) is 4.79. The molecule has 0 saturated carbocycles. The molecule has 0 bridgehead atoms. The lowest BCUT2D eigenvalue weighted by molar-refractivity contribution is 0.417. The molecule has 4 rings (SSSR count). The van der Waals surface area contributed by atoms with Crippen molar-refractivity contribution in [3.05, 3.63) is 51.9 Å². The summed E-state index contributed by atoms with van der Waals surface area (Å²) >= 11 is 7.32. The molecule has 0 saturated heterocycles. The van der Waals surface area contributed by atoms with Crippen molar-refractivity contribution in [3.8, 4) is 5.75 Å². The molecule has 116 valence electrons. The van der Waals surface area contributed by atoms with Gasteiger partial charge in [-0.05, 0) is 12.1 Å². The average Bonchev–Trinajstić information content (AvgIpc) is 3.14. The van der Waals surface area contributed by atoms with Crippen LogP contribution in [0.2, 0.25) is 4.47 Å². The summed E-state index contributed by atoms with van der Waals surface area (Å²) in [7, 11) is 1.66. The van der Waals surface area contributed by atoms with Crippen molar-refractivity contribution >= 4 is 50.6 Å². The Morgan fingerprint density at radius 3 is 2.87 bits per heavy atom. The van der Waals surface area contributed by atoms with Gasteiger partial charge in [-0.25, -0.2) is 4.98 Å². The van der Waals surface area contributed by atoms with Crippen LogP contribution in [-0.4, -0.2) is 12.1 Å². The number of hydrogen-bond acceptors (Lipinski definition) is 5. The summed E-state index contributed by atoms with van der Waals surface area (Å²) in [5, 5.41) is 5.49. The molecule has 0 fully saturated rings. The van der Waals surface area contributed by atoms with Crippen LogP contribution < -0.4 is 10.1 Å². The van der Waals surface area contributed by atoms with Crippen LogP contribution in [-0.2, 0) is 6.54 Å². The number of furan rings is 1. The molecule has 4 aromatic rings. The number of nitrogens with zero attached hydrogens (tertiary/aromatic N) is 1. The molecule has 0 aliphatic carbocycles. The highest BCUT2D eigenvalue weighted by Gasteiger charge is 2.12. The van der Waals surface area contributed by atoms with Gasteiger partial charge in [0.1, 0.15) is 16.9 Å². The Labute approximate surface area is 141 Å². The lowest BCUT2D eigenvalue weighted by Gasteiger charge is -2.10. The number of methoxy groups -OCH3 is 1. The Bertz CT molecular complexity index is 993. The van der Waals surface area contributed by atoms with Crippen LogP contribution in [0.4, 0.5) is 5.69 Å². The van der Waals surface area contributed by atoms with Gasteiger partial charge in [0.25, 0.3) is 0 Å². The monoisotopic (exact) mass is 344 g/mol. The maximum absolute atomic E-state index is 5.92. The van der Waals surface area contributed by atoms with Crippen LogP contribution in [0, 0.1) is 0 Å². The van der Waals surface area contributed by atoms with Crippen molar-refractivity contribution in [2.24, 2.45) is 0 Å². The molecule has 1 N–H and O–H groups in total. The van der Waals surface area contributed by atoms with Gasteiger partial charge in [0.15, 0.2) is 4.47 Å². The predicted octanol–water partition coefficient (Wildman–Crippen LogP) is 5.32. The Kier molecular flexibility index (Phi) is 3.59. The molecule has 0 atom stereocenters. The number of nitrogens with one attached hydrogen (secondary N) is 1. The van der Waals surface area contributed by atoms with E-state index in [1.54, 1.807) is 13.3 Å². The van der Waals surface area contributed by atoms with E-state index in [1.807, 2.05) is 36.4 Å². The summed E-state index contributed by atoms with van der Waals surface area (Å²) in [6, 6.07) is 12.0. The highest BCUT2D eigenvalue weighted by molar-refractivity contribution is 7.15. The number of halogens is 1. The molecule has 23 heavy (non-hydrogen) atoms. The van der Waals surface area contributed by atoms with Crippen LogP contribution >= 0.6 is 22.9 Å². The number of anilines is 1. The van der Waals surface area contributed by atoms with Gasteiger partial charge < -0.3 is 14.5 Å². The molecule has 2 aromatic heterocycles. The number of hydrogen-bond donors (Lipinski definition) is 1. The van der Waals surface area contributed by atoms with Gasteiger partial charge in [0, 0.05) is 27.9 Å². The summed E-state index contributed by atoms with van der Waals surface area (Å²) in [6.07, 6.45) is 1.77. The molecule has 4 nitrogen and oxygen atoms in total. The van der Waals surface area contributed by atoms with E-state index in [9.17, 15) is 0 Å². The zero-order chi connectivity index (χ0) is 15.8. The Balaban J connectivity index is 1.74. The van der Waals surface area contributed by atoms with Crippen LogP contribution in [0.3, 0.4) is 0 Å². The van der Waals surface area contributed by atoms with E-state index in [2.05, 4.69) is 10.3 Å². The second kappa shape index (κ2) is 5.76. The molecule has 0 amide bonds. The third kappa shape index (κ3) is 2.62. The first-order valence-corrected chi connectivity index (χ1v) is 8.27. The van der Waals surface area contributed by atoms with Gasteiger partial charge in [0.2, 0.25) is 0 Å². The Morgan fingerprint density at radius 1 is 1.22 bits per heavy atom. The van der Waals surface area contributed by atoms with Gasteiger partial charge in [-0.1, -0.05) is 29.8 Å². The highest BCUT2D eigenvalue weighted by Crippen LogP contribution is 2.36. The van der Waals surface area contributed by atoms with Crippen LogP contribution in [0.5, 0.6) is 5.75 Å². The first kappa shape index (κ1) is 14.4. The number of ether oxygens (including phenoxy) is 1. The van der Waals surface area contributed by atoms with Crippen LogP contribution in [0.1, 0.15) is 4.88 Å². The molecule has 0 aliphatic rings. The molecule has 0 radical (unpaired) electrons. The fraction of sp³-hybridized carbons (Fsp3) is 0.118. The van der Waals surface area contributed by atoms with Crippen molar-refractivity contribution in [3.63, 3.8) is 0 Å². The van der Waals surface area contributed by atoms with Crippen molar-refractivity contribution in [2.45, 2.75) is 6.54 Å². The summed E-state index contributed by atoms with van der Waals surface area (Å²) in [5.41, 5.74) is 2.58. The lowest BCUT2D eigenvalue weighted by atomic mass is 10.1. The van der Waals surface area contributed by atoms with Gasteiger partial charge in [-0.15, -0.1) is 11.3 Å².